The smallest absolute Gasteiger partial charge is 0.463 e. The highest BCUT2D eigenvalue weighted by molar-refractivity contribution is 7.47. The number of hydrogen-bond donors (Lipinski definition) is 4. The molecule has 0 saturated carbocycles. The molecule has 0 radical (unpaired) electrons. The van der Waals surface area contributed by atoms with Crippen LogP contribution in [0, 0.1) is 0 Å². The fourth-order valence-electron chi connectivity index (χ4n) is 10.3. The quantitative estimate of drug-likeness (QED) is 0.0146. The van der Waals surface area contributed by atoms with Crippen molar-refractivity contribution < 1.29 is 75.8 Å². The number of unbranched alkanes of at least 4 members (excludes halogenated alkanes) is 30. The summed E-state index contributed by atoms with van der Waals surface area (Å²) in [5, 5.41) is 20.6. The summed E-state index contributed by atoms with van der Waals surface area (Å²) in [6, 6.07) is 0. The van der Waals surface area contributed by atoms with E-state index in [1.807, 2.05) is 0 Å². The molecule has 99 heavy (non-hydrogen) atoms. The standard InChI is InChI=1S/C81H140O16P2/c1-4-7-10-13-16-19-22-25-28-30-32-33-34-35-36-37-38-39-40-41-43-45-47-49-52-55-58-61-64-67-79(84)91-70-76(82)71-93-98(87,88)94-72-77(83)73-95-99(89,90)96-75-78(97-81(86)69-66-63-60-57-54-51-46-27-24-21-18-15-12-9-6-3)74-92-80(85)68-65-62-59-56-53-50-48-44-42-31-29-26-23-20-17-14-11-8-5-2/h7-8,10-11,16-17,19-20,25-29,32-33,35-36,42,44,46,76-78,82-83H,4-6,9,12-15,18,21-24,30-31,34,37-41,43,45,47-75H2,1-3H3,(H,87,88)(H,89,90)/b10-7-,11-8-,19-16-,20-17-,28-25-,29-26-,33-32-,36-35-,44-42-,46-27-. The van der Waals surface area contributed by atoms with Gasteiger partial charge in [0.1, 0.15) is 25.4 Å². The van der Waals surface area contributed by atoms with Crippen LogP contribution in [0.15, 0.2) is 122 Å². The van der Waals surface area contributed by atoms with Crippen molar-refractivity contribution in [2.45, 2.75) is 334 Å². The molecule has 0 spiro atoms. The SMILES string of the molecule is CC/C=C\C/C=C\C/C=C\C/C=C\C/C=C\CCCCCCCCCCCCCCCC(=O)OCC(O)COP(=O)(O)OCC(O)COP(=O)(O)OCC(COC(=O)CCCCCCCC/C=C\C/C=C\C/C=C\C/C=C\CC)OC(=O)CCCCCCC/C=C\CCCCCCCC. The molecule has 4 N–H and O–H groups in total. The zero-order chi connectivity index (χ0) is 72.3. The molecule has 0 aromatic rings. The fourth-order valence-corrected chi connectivity index (χ4v) is 11.9. The van der Waals surface area contributed by atoms with Gasteiger partial charge in [0.05, 0.1) is 26.4 Å². The molecule has 0 aliphatic carbocycles. The number of hydrogen-bond acceptors (Lipinski definition) is 14. The second-order valence-corrected chi connectivity index (χ2v) is 28.7. The number of ether oxygens (including phenoxy) is 3. The second-order valence-electron chi connectivity index (χ2n) is 25.7. The maximum absolute atomic E-state index is 13.0. The van der Waals surface area contributed by atoms with E-state index in [2.05, 4.69) is 142 Å². The Morgan fingerprint density at radius 2 is 0.535 bits per heavy atom. The third-order valence-electron chi connectivity index (χ3n) is 16.2. The van der Waals surface area contributed by atoms with Crippen LogP contribution in [-0.4, -0.2) is 95.9 Å². The number of carbonyl (C=O) groups is 3. The summed E-state index contributed by atoms with van der Waals surface area (Å²) in [4.78, 5) is 58.6. The van der Waals surface area contributed by atoms with Crippen molar-refractivity contribution in [2.24, 2.45) is 0 Å². The minimum atomic E-state index is -4.93. The number of phosphoric ester groups is 2. The van der Waals surface area contributed by atoms with Gasteiger partial charge in [0.2, 0.25) is 0 Å². The van der Waals surface area contributed by atoms with Crippen LogP contribution in [0.4, 0.5) is 0 Å². The lowest BCUT2D eigenvalue weighted by molar-refractivity contribution is -0.161. The Kier molecular flexibility index (Phi) is 70.7. The molecule has 0 aromatic heterocycles. The summed E-state index contributed by atoms with van der Waals surface area (Å²) in [5.41, 5.74) is 0. The molecule has 0 heterocycles. The van der Waals surface area contributed by atoms with Crippen LogP contribution in [0.5, 0.6) is 0 Å². The molecule has 570 valence electrons. The maximum Gasteiger partial charge on any atom is 0.472 e. The summed E-state index contributed by atoms with van der Waals surface area (Å²) < 4.78 is 61.1. The Labute approximate surface area is 602 Å². The molecule has 0 fully saturated rings. The summed E-state index contributed by atoms with van der Waals surface area (Å²) in [7, 11) is -9.79. The van der Waals surface area contributed by atoms with Crippen LogP contribution in [0.2, 0.25) is 0 Å². The van der Waals surface area contributed by atoms with Gasteiger partial charge in [0.15, 0.2) is 6.10 Å². The molecule has 5 unspecified atom stereocenters. The lowest BCUT2D eigenvalue weighted by atomic mass is 10.0. The van der Waals surface area contributed by atoms with Crippen LogP contribution in [0.3, 0.4) is 0 Å². The monoisotopic (exact) mass is 1430 g/mol. The molecule has 0 aliphatic rings. The van der Waals surface area contributed by atoms with Gasteiger partial charge in [0.25, 0.3) is 0 Å². The van der Waals surface area contributed by atoms with Gasteiger partial charge >= 0.3 is 33.6 Å². The van der Waals surface area contributed by atoms with E-state index in [0.717, 1.165) is 161 Å². The van der Waals surface area contributed by atoms with Gasteiger partial charge in [-0.25, -0.2) is 9.13 Å². The number of rotatable bonds is 73. The Hall–Kier alpha value is -4.05. The normalized spacial score (nSPS) is 14.7. The van der Waals surface area contributed by atoms with E-state index in [4.69, 9.17) is 32.3 Å². The van der Waals surface area contributed by atoms with Gasteiger partial charge in [-0.1, -0.05) is 290 Å². The van der Waals surface area contributed by atoms with Gasteiger partial charge in [-0.2, -0.15) is 0 Å². The van der Waals surface area contributed by atoms with Crippen LogP contribution in [-0.2, 0) is 55.8 Å². The first-order chi connectivity index (χ1) is 48.2. The molecule has 0 aromatic carbocycles. The van der Waals surface area contributed by atoms with Gasteiger partial charge in [-0.3, -0.25) is 32.5 Å². The first-order valence-electron chi connectivity index (χ1n) is 38.8. The highest BCUT2D eigenvalue weighted by atomic mass is 31.2. The highest BCUT2D eigenvalue weighted by Gasteiger charge is 2.29. The lowest BCUT2D eigenvalue weighted by Gasteiger charge is -2.21. The molecule has 0 bridgehead atoms. The largest absolute Gasteiger partial charge is 0.472 e. The fraction of sp³-hybridized carbons (Fsp3) is 0.716. The molecular weight excluding hydrogens is 1290 g/mol. The van der Waals surface area contributed by atoms with Crippen molar-refractivity contribution in [3.05, 3.63) is 122 Å². The van der Waals surface area contributed by atoms with Gasteiger partial charge < -0.3 is 34.2 Å². The van der Waals surface area contributed by atoms with Gasteiger partial charge in [-0.15, -0.1) is 0 Å². The van der Waals surface area contributed by atoms with Gasteiger partial charge in [0, 0.05) is 19.3 Å². The lowest BCUT2D eigenvalue weighted by Crippen LogP contribution is -2.30. The number of esters is 3. The van der Waals surface area contributed by atoms with Crippen molar-refractivity contribution in [1.29, 1.82) is 0 Å². The third-order valence-corrected chi connectivity index (χ3v) is 18.1. The maximum atomic E-state index is 13.0. The average molecular weight is 1430 g/mol. The summed E-state index contributed by atoms with van der Waals surface area (Å²) in [6.45, 7) is 2.44. The molecule has 16 nitrogen and oxygen atoms in total. The first kappa shape index (κ1) is 94.9. The summed E-state index contributed by atoms with van der Waals surface area (Å²) in [6.07, 6.45) is 86.7. The number of aliphatic hydroxyl groups is 2. The summed E-state index contributed by atoms with van der Waals surface area (Å²) >= 11 is 0. The average Bonchev–Trinajstić information content (AvgIpc) is 1.73. The van der Waals surface area contributed by atoms with Crippen LogP contribution in [0.1, 0.15) is 316 Å². The Morgan fingerprint density at radius 1 is 0.293 bits per heavy atom. The number of allylic oxidation sites excluding steroid dienone is 20. The van der Waals surface area contributed by atoms with Crippen molar-refractivity contribution in [1.82, 2.24) is 0 Å². The molecule has 0 aliphatic heterocycles. The zero-order valence-corrected chi connectivity index (χ0v) is 63.9. The zero-order valence-electron chi connectivity index (χ0n) is 62.1. The topological polar surface area (TPSA) is 231 Å². The number of phosphoric acid groups is 2. The predicted octanol–water partition coefficient (Wildman–Crippen LogP) is 22.5. The van der Waals surface area contributed by atoms with E-state index in [-0.39, 0.29) is 19.3 Å². The molecule has 0 saturated heterocycles. The number of aliphatic hydroxyl groups excluding tert-OH is 2. The number of carbonyl (C=O) groups excluding carboxylic acids is 3. The van der Waals surface area contributed by atoms with E-state index in [9.17, 15) is 43.5 Å². The first-order valence-corrected chi connectivity index (χ1v) is 41.8. The van der Waals surface area contributed by atoms with E-state index >= 15 is 0 Å². The van der Waals surface area contributed by atoms with E-state index in [1.165, 1.54) is 96.3 Å². The van der Waals surface area contributed by atoms with Crippen LogP contribution >= 0.6 is 15.6 Å². The molecular formula is C81H140O16P2. The van der Waals surface area contributed by atoms with Crippen molar-refractivity contribution in [3.63, 3.8) is 0 Å². The summed E-state index contributed by atoms with van der Waals surface area (Å²) in [5.74, 6) is -1.60. The van der Waals surface area contributed by atoms with Crippen LogP contribution < -0.4 is 0 Å². The Bertz CT molecular complexity index is 2290. The minimum Gasteiger partial charge on any atom is -0.463 e. The molecule has 18 heteroatoms. The minimum absolute atomic E-state index is 0.0904. The predicted molar refractivity (Wildman–Crippen MR) is 408 cm³/mol. The van der Waals surface area contributed by atoms with Crippen molar-refractivity contribution in [3.8, 4) is 0 Å². The van der Waals surface area contributed by atoms with Gasteiger partial charge in [-0.05, 0) is 128 Å². The Morgan fingerprint density at radius 3 is 0.859 bits per heavy atom. The molecule has 0 rings (SSSR count). The van der Waals surface area contributed by atoms with E-state index < -0.39 is 91.5 Å². The molecule has 5 atom stereocenters. The Balaban J connectivity index is 4.52. The van der Waals surface area contributed by atoms with Crippen molar-refractivity contribution >= 4 is 33.6 Å². The third kappa shape index (κ3) is 74.9. The van der Waals surface area contributed by atoms with Crippen LogP contribution in [0.25, 0.3) is 0 Å². The molecule has 0 amide bonds. The highest BCUT2D eigenvalue weighted by Crippen LogP contribution is 2.45. The van der Waals surface area contributed by atoms with Crippen molar-refractivity contribution in [2.75, 3.05) is 39.6 Å². The van der Waals surface area contributed by atoms with E-state index in [0.29, 0.717) is 19.3 Å². The second kappa shape index (κ2) is 73.7. The van der Waals surface area contributed by atoms with E-state index in [1.54, 1.807) is 0 Å².